The zero-order chi connectivity index (χ0) is 19.2. The number of likely N-dealkylation sites (tertiary alicyclic amines) is 2. The summed E-state index contributed by atoms with van der Waals surface area (Å²) in [4.78, 5) is 21.8. The fourth-order valence-electron chi connectivity index (χ4n) is 4.88. The molecule has 1 aromatic heterocycles. The number of amides is 1. The van der Waals surface area contributed by atoms with Gasteiger partial charge in [0, 0.05) is 44.0 Å². The zero-order valence-electron chi connectivity index (χ0n) is 16.9. The molecule has 0 radical (unpaired) electrons. The topological polar surface area (TPSA) is 57.7 Å². The zero-order valence-corrected chi connectivity index (χ0v) is 16.9. The maximum absolute atomic E-state index is 12.5. The first-order valence-electron chi connectivity index (χ1n) is 11.0. The van der Waals surface area contributed by atoms with Crippen molar-refractivity contribution < 1.29 is 9.53 Å². The fourth-order valence-corrected chi connectivity index (χ4v) is 4.88. The molecule has 1 aromatic rings. The van der Waals surface area contributed by atoms with Gasteiger partial charge < -0.3 is 15.0 Å². The van der Waals surface area contributed by atoms with Crippen LogP contribution in [0.1, 0.15) is 44.1 Å². The minimum atomic E-state index is 0.184. The van der Waals surface area contributed by atoms with E-state index in [4.69, 9.17) is 4.74 Å². The number of carbonyl (C=O) groups is 1. The highest BCUT2D eigenvalue weighted by Gasteiger charge is 2.31. The van der Waals surface area contributed by atoms with Crippen LogP contribution in [0, 0.1) is 5.92 Å². The van der Waals surface area contributed by atoms with Gasteiger partial charge in [0.1, 0.15) is 0 Å². The Bertz CT molecular complexity index is 604. The molecule has 0 bridgehead atoms. The molecule has 1 unspecified atom stereocenters. The van der Waals surface area contributed by atoms with Crippen molar-refractivity contribution in [1.82, 2.24) is 20.1 Å². The average molecular weight is 387 g/mol. The van der Waals surface area contributed by atoms with Gasteiger partial charge in [-0.3, -0.25) is 14.7 Å². The number of aromatic nitrogens is 1. The van der Waals surface area contributed by atoms with Crippen LogP contribution in [0.2, 0.25) is 0 Å². The Morgan fingerprint density at radius 2 is 1.96 bits per heavy atom. The summed E-state index contributed by atoms with van der Waals surface area (Å²) in [5, 5.41) is 3.12. The van der Waals surface area contributed by atoms with Gasteiger partial charge in [-0.1, -0.05) is 6.07 Å². The van der Waals surface area contributed by atoms with Crippen molar-refractivity contribution in [3.05, 3.63) is 30.1 Å². The Hall–Kier alpha value is -1.50. The van der Waals surface area contributed by atoms with Gasteiger partial charge in [-0.2, -0.15) is 0 Å². The number of nitrogens with one attached hydrogen (secondary N) is 1. The van der Waals surface area contributed by atoms with E-state index in [1.165, 1.54) is 18.4 Å². The monoisotopic (exact) mass is 386 g/mol. The lowest BCUT2D eigenvalue weighted by Gasteiger charge is -2.41. The van der Waals surface area contributed by atoms with E-state index in [0.717, 1.165) is 65.0 Å². The smallest absolute Gasteiger partial charge is 0.223 e. The van der Waals surface area contributed by atoms with Gasteiger partial charge in [-0.15, -0.1) is 0 Å². The van der Waals surface area contributed by atoms with Gasteiger partial charge in [0.25, 0.3) is 0 Å². The Labute approximate surface area is 168 Å². The lowest BCUT2D eigenvalue weighted by Crippen LogP contribution is -2.49. The van der Waals surface area contributed by atoms with Crippen LogP contribution in [0.5, 0.6) is 0 Å². The molecule has 4 heterocycles. The number of piperidine rings is 2. The van der Waals surface area contributed by atoms with Crippen molar-refractivity contribution in [2.45, 2.75) is 57.2 Å². The van der Waals surface area contributed by atoms with Crippen LogP contribution in [-0.4, -0.2) is 72.2 Å². The van der Waals surface area contributed by atoms with E-state index in [0.29, 0.717) is 12.6 Å². The molecule has 6 heteroatoms. The predicted octanol–water partition coefficient (Wildman–Crippen LogP) is 2.05. The molecular weight excluding hydrogens is 352 g/mol. The molecule has 154 valence electrons. The molecule has 3 fully saturated rings. The molecule has 1 atom stereocenters. The van der Waals surface area contributed by atoms with Crippen molar-refractivity contribution in [1.29, 1.82) is 0 Å². The van der Waals surface area contributed by atoms with Crippen molar-refractivity contribution in [3.63, 3.8) is 0 Å². The standard InChI is InChI=1S/C22H34N4O2/c27-22(24-16-21-4-2-14-28-21)19-5-12-26(13-6-19)20-7-10-25(11-8-20)17-18-3-1-9-23-15-18/h1,3,9,15,19-21H,2,4-8,10-14,16-17H2,(H,24,27). The van der Waals surface area contributed by atoms with Crippen LogP contribution >= 0.6 is 0 Å². The Kier molecular flexibility index (Phi) is 6.94. The molecule has 4 rings (SSSR count). The molecule has 3 aliphatic heterocycles. The van der Waals surface area contributed by atoms with E-state index in [1.54, 1.807) is 0 Å². The Morgan fingerprint density at radius 1 is 1.14 bits per heavy atom. The summed E-state index contributed by atoms with van der Waals surface area (Å²) in [6.45, 7) is 6.97. The van der Waals surface area contributed by atoms with Crippen LogP contribution in [0.15, 0.2) is 24.5 Å². The molecule has 0 aromatic carbocycles. The van der Waals surface area contributed by atoms with Crippen molar-refractivity contribution in [2.75, 3.05) is 39.3 Å². The maximum atomic E-state index is 12.5. The van der Waals surface area contributed by atoms with Gasteiger partial charge in [-0.25, -0.2) is 0 Å². The largest absolute Gasteiger partial charge is 0.376 e. The van der Waals surface area contributed by atoms with Gasteiger partial charge in [0.05, 0.1) is 6.10 Å². The second-order valence-corrected chi connectivity index (χ2v) is 8.56. The van der Waals surface area contributed by atoms with Gasteiger partial charge in [0.15, 0.2) is 0 Å². The van der Waals surface area contributed by atoms with E-state index >= 15 is 0 Å². The number of pyridine rings is 1. The minimum absolute atomic E-state index is 0.184. The molecule has 0 saturated carbocycles. The second-order valence-electron chi connectivity index (χ2n) is 8.56. The number of rotatable bonds is 6. The molecule has 6 nitrogen and oxygen atoms in total. The number of hydrogen-bond donors (Lipinski definition) is 1. The van der Waals surface area contributed by atoms with E-state index in [2.05, 4.69) is 26.2 Å². The van der Waals surface area contributed by atoms with Gasteiger partial charge in [0.2, 0.25) is 5.91 Å². The predicted molar refractivity (Wildman–Crippen MR) is 109 cm³/mol. The average Bonchev–Trinajstić information content (AvgIpc) is 3.27. The highest BCUT2D eigenvalue weighted by atomic mass is 16.5. The third-order valence-electron chi connectivity index (χ3n) is 6.63. The van der Waals surface area contributed by atoms with Crippen molar-refractivity contribution >= 4 is 5.91 Å². The molecular formula is C22H34N4O2. The third-order valence-corrected chi connectivity index (χ3v) is 6.63. The molecule has 1 N–H and O–H groups in total. The van der Waals surface area contributed by atoms with Crippen LogP contribution in [0.4, 0.5) is 0 Å². The number of hydrogen-bond acceptors (Lipinski definition) is 5. The highest BCUT2D eigenvalue weighted by Crippen LogP contribution is 2.25. The summed E-state index contributed by atoms with van der Waals surface area (Å²) in [6.07, 6.45) is 10.7. The van der Waals surface area contributed by atoms with Crippen LogP contribution in [-0.2, 0) is 16.1 Å². The molecule has 0 aliphatic carbocycles. The van der Waals surface area contributed by atoms with Gasteiger partial charge >= 0.3 is 0 Å². The number of carbonyl (C=O) groups excluding carboxylic acids is 1. The summed E-state index contributed by atoms with van der Waals surface area (Å²) in [7, 11) is 0. The third kappa shape index (κ3) is 5.31. The maximum Gasteiger partial charge on any atom is 0.223 e. The van der Waals surface area contributed by atoms with Crippen LogP contribution < -0.4 is 5.32 Å². The fraction of sp³-hybridized carbons (Fsp3) is 0.727. The van der Waals surface area contributed by atoms with Crippen molar-refractivity contribution in [2.24, 2.45) is 5.92 Å². The van der Waals surface area contributed by atoms with E-state index in [1.807, 2.05) is 18.5 Å². The quantitative estimate of drug-likeness (QED) is 0.811. The lowest BCUT2D eigenvalue weighted by molar-refractivity contribution is -0.127. The Morgan fingerprint density at radius 3 is 2.64 bits per heavy atom. The highest BCUT2D eigenvalue weighted by molar-refractivity contribution is 5.78. The normalized spacial score (nSPS) is 25.8. The summed E-state index contributed by atoms with van der Waals surface area (Å²) in [5.74, 6) is 0.421. The van der Waals surface area contributed by atoms with Gasteiger partial charge in [-0.05, 0) is 76.3 Å². The first-order chi connectivity index (χ1) is 13.8. The lowest BCUT2D eigenvalue weighted by atomic mass is 9.92. The first-order valence-corrected chi connectivity index (χ1v) is 11.0. The summed E-state index contributed by atoms with van der Waals surface area (Å²) >= 11 is 0. The summed E-state index contributed by atoms with van der Waals surface area (Å²) in [6, 6.07) is 4.86. The van der Waals surface area contributed by atoms with Crippen LogP contribution in [0.3, 0.4) is 0 Å². The van der Waals surface area contributed by atoms with E-state index < -0.39 is 0 Å². The Balaban J connectivity index is 1.15. The SMILES string of the molecule is O=C(NCC1CCCO1)C1CCN(C2CCN(Cc3cccnc3)CC2)CC1. The molecule has 28 heavy (non-hydrogen) atoms. The van der Waals surface area contributed by atoms with E-state index in [9.17, 15) is 4.79 Å². The molecule has 3 aliphatic rings. The van der Waals surface area contributed by atoms with Crippen molar-refractivity contribution in [3.8, 4) is 0 Å². The van der Waals surface area contributed by atoms with Crippen LogP contribution in [0.25, 0.3) is 0 Å². The molecule has 1 amide bonds. The molecule has 3 saturated heterocycles. The first kappa shape index (κ1) is 19.8. The molecule has 0 spiro atoms. The second kappa shape index (κ2) is 9.81. The summed E-state index contributed by atoms with van der Waals surface area (Å²) < 4.78 is 5.60. The minimum Gasteiger partial charge on any atom is -0.376 e. The number of ether oxygens (including phenoxy) is 1. The summed E-state index contributed by atoms with van der Waals surface area (Å²) in [5.41, 5.74) is 1.30. The van der Waals surface area contributed by atoms with E-state index in [-0.39, 0.29) is 17.9 Å². The number of nitrogens with zero attached hydrogens (tertiary/aromatic N) is 3.